The summed E-state index contributed by atoms with van der Waals surface area (Å²) in [6.07, 6.45) is -4.46. The Labute approximate surface area is 136 Å². The lowest BCUT2D eigenvalue weighted by Crippen LogP contribution is -2.08. The van der Waals surface area contributed by atoms with Gasteiger partial charge < -0.3 is 10.2 Å². The predicted octanol–water partition coefficient (Wildman–Crippen LogP) is 5.55. The van der Waals surface area contributed by atoms with Crippen LogP contribution in [0.2, 0.25) is 0 Å². The molecule has 2 nitrogen and oxygen atoms in total. The number of aromatic hydroxyl groups is 2. The zero-order valence-corrected chi connectivity index (χ0v) is 13.1. The number of hydrogen-bond acceptors (Lipinski definition) is 2. The number of benzene rings is 3. The minimum Gasteiger partial charge on any atom is -0.504 e. The molecule has 124 valence electrons. The second kappa shape index (κ2) is 5.44. The molecule has 0 aliphatic heterocycles. The van der Waals surface area contributed by atoms with Crippen molar-refractivity contribution in [1.29, 1.82) is 0 Å². The summed E-state index contributed by atoms with van der Waals surface area (Å²) in [5.41, 5.74) is 1.19. The number of hydrogen-bond donors (Lipinski definition) is 2. The number of rotatable bonds is 1. The van der Waals surface area contributed by atoms with Gasteiger partial charge in [-0.15, -0.1) is 0 Å². The summed E-state index contributed by atoms with van der Waals surface area (Å²) in [5.74, 6) is -0.561. The van der Waals surface area contributed by atoms with Crippen LogP contribution in [0.15, 0.2) is 42.5 Å². The van der Waals surface area contributed by atoms with Crippen LogP contribution in [0.5, 0.6) is 11.5 Å². The average Bonchev–Trinajstić information content (AvgIpc) is 2.49. The van der Waals surface area contributed by atoms with E-state index in [0.29, 0.717) is 27.5 Å². The summed E-state index contributed by atoms with van der Waals surface area (Å²) in [5, 5.41) is 20.6. The Morgan fingerprint density at radius 2 is 1.50 bits per heavy atom. The fourth-order valence-electron chi connectivity index (χ4n) is 3.14. The number of aryl methyl sites for hydroxylation is 2. The SMILES string of the molecule is Cc1cc2cc(O)c(O)cc2c(C)c1-c1ccccc1C(F)(F)F. The highest BCUT2D eigenvalue weighted by Crippen LogP contribution is 2.42. The molecule has 0 amide bonds. The molecule has 3 rings (SSSR count). The monoisotopic (exact) mass is 332 g/mol. The first-order valence-electron chi connectivity index (χ1n) is 7.32. The van der Waals surface area contributed by atoms with Crippen molar-refractivity contribution in [3.63, 3.8) is 0 Å². The molecule has 0 saturated heterocycles. The molecule has 5 heteroatoms. The highest BCUT2D eigenvalue weighted by atomic mass is 19.4. The van der Waals surface area contributed by atoms with Crippen molar-refractivity contribution in [2.75, 3.05) is 0 Å². The van der Waals surface area contributed by atoms with Gasteiger partial charge in [0.2, 0.25) is 0 Å². The Kier molecular flexibility index (Phi) is 3.67. The van der Waals surface area contributed by atoms with Crippen molar-refractivity contribution in [2.24, 2.45) is 0 Å². The van der Waals surface area contributed by atoms with E-state index in [-0.39, 0.29) is 17.1 Å². The number of phenols is 2. The molecule has 2 N–H and O–H groups in total. The minimum absolute atomic E-state index is 0.106. The van der Waals surface area contributed by atoms with Crippen molar-refractivity contribution in [3.05, 3.63) is 59.2 Å². The maximum atomic E-state index is 13.4. The number of halogens is 3. The van der Waals surface area contributed by atoms with Gasteiger partial charge in [-0.2, -0.15) is 13.2 Å². The van der Waals surface area contributed by atoms with Gasteiger partial charge in [0, 0.05) is 0 Å². The van der Waals surface area contributed by atoms with Crippen LogP contribution in [0, 0.1) is 13.8 Å². The summed E-state index contributed by atoms with van der Waals surface area (Å²) < 4.78 is 40.1. The lowest BCUT2D eigenvalue weighted by atomic mass is 9.88. The second-order valence-electron chi connectivity index (χ2n) is 5.80. The first kappa shape index (κ1) is 16.2. The minimum atomic E-state index is -4.46. The summed E-state index contributed by atoms with van der Waals surface area (Å²) in [7, 11) is 0. The smallest absolute Gasteiger partial charge is 0.417 e. The van der Waals surface area contributed by atoms with Gasteiger partial charge in [0.15, 0.2) is 11.5 Å². The maximum Gasteiger partial charge on any atom is 0.417 e. The predicted molar refractivity (Wildman–Crippen MR) is 87.2 cm³/mol. The van der Waals surface area contributed by atoms with Gasteiger partial charge in [-0.1, -0.05) is 24.3 Å². The third kappa shape index (κ3) is 2.56. The van der Waals surface area contributed by atoms with E-state index in [2.05, 4.69) is 0 Å². The Morgan fingerprint density at radius 1 is 0.875 bits per heavy atom. The Balaban J connectivity index is 2.38. The number of alkyl halides is 3. The van der Waals surface area contributed by atoms with E-state index in [1.54, 1.807) is 26.0 Å². The van der Waals surface area contributed by atoms with Crippen LogP contribution in [0.1, 0.15) is 16.7 Å². The Bertz CT molecular complexity index is 943. The fraction of sp³-hybridized carbons (Fsp3) is 0.158. The van der Waals surface area contributed by atoms with Crippen molar-refractivity contribution in [1.82, 2.24) is 0 Å². The van der Waals surface area contributed by atoms with Gasteiger partial charge in [0.05, 0.1) is 5.56 Å². The van der Waals surface area contributed by atoms with E-state index in [9.17, 15) is 23.4 Å². The molecule has 3 aromatic carbocycles. The highest BCUT2D eigenvalue weighted by Gasteiger charge is 2.34. The zero-order valence-electron chi connectivity index (χ0n) is 13.1. The van der Waals surface area contributed by atoms with Gasteiger partial charge in [0.1, 0.15) is 0 Å². The molecule has 0 fully saturated rings. The quantitative estimate of drug-likeness (QED) is 0.573. The molecule has 3 aromatic rings. The largest absolute Gasteiger partial charge is 0.504 e. The molecule has 0 aliphatic carbocycles. The summed E-state index contributed by atoms with van der Waals surface area (Å²) in [6.45, 7) is 3.45. The van der Waals surface area contributed by atoms with Crippen molar-refractivity contribution >= 4 is 10.8 Å². The topological polar surface area (TPSA) is 40.5 Å². The molecule has 0 heterocycles. The molecule has 0 radical (unpaired) electrons. The van der Waals surface area contributed by atoms with E-state index in [0.717, 1.165) is 6.07 Å². The molecule has 0 saturated carbocycles. The third-order valence-electron chi connectivity index (χ3n) is 4.19. The molecule has 0 aliphatic rings. The van der Waals surface area contributed by atoms with Gasteiger partial charge in [-0.3, -0.25) is 0 Å². The first-order valence-corrected chi connectivity index (χ1v) is 7.32. The Hall–Kier alpha value is -2.69. The van der Waals surface area contributed by atoms with Crippen LogP contribution in [-0.4, -0.2) is 10.2 Å². The molecule has 0 spiro atoms. The summed E-state index contributed by atoms with van der Waals surface area (Å²) in [6, 6.07) is 9.94. The van der Waals surface area contributed by atoms with Gasteiger partial charge in [-0.25, -0.2) is 0 Å². The molecule has 24 heavy (non-hydrogen) atoms. The molecule has 0 aromatic heterocycles. The average molecular weight is 332 g/mol. The number of phenolic OH excluding ortho intramolecular Hbond substituents is 2. The van der Waals surface area contributed by atoms with Crippen molar-refractivity contribution < 1.29 is 23.4 Å². The van der Waals surface area contributed by atoms with Gasteiger partial charge in [0.25, 0.3) is 0 Å². The van der Waals surface area contributed by atoms with Crippen LogP contribution < -0.4 is 0 Å². The standard InChI is InChI=1S/C19H15F3O2/c1-10-7-12-8-16(23)17(24)9-14(12)11(2)18(10)13-5-3-4-6-15(13)19(20,21)22/h3-9,23-24H,1-2H3. The molecule has 0 atom stereocenters. The maximum absolute atomic E-state index is 13.4. The van der Waals surface area contributed by atoms with Crippen LogP contribution in [0.3, 0.4) is 0 Å². The second-order valence-corrected chi connectivity index (χ2v) is 5.80. The molecule has 0 bridgehead atoms. The molecular formula is C19H15F3O2. The summed E-state index contributed by atoms with van der Waals surface area (Å²) >= 11 is 0. The normalized spacial score (nSPS) is 11.9. The van der Waals surface area contributed by atoms with E-state index < -0.39 is 11.7 Å². The van der Waals surface area contributed by atoms with E-state index in [1.807, 2.05) is 0 Å². The van der Waals surface area contributed by atoms with Crippen LogP contribution in [-0.2, 0) is 6.18 Å². The first-order chi connectivity index (χ1) is 11.2. The number of fused-ring (bicyclic) bond motifs is 1. The lowest BCUT2D eigenvalue weighted by Gasteiger charge is -2.18. The molecule has 0 unspecified atom stereocenters. The van der Waals surface area contributed by atoms with Gasteiger partial charge >= 0.3 is 6.18 Å². The molecular weight excluding hydrogens is 317 g/mol. The van der Waals surface area contributed by atoms with Crippen LogP contribution >= 0.6 is 0 Å². The zero-order chi connectivity index (χ0) is 17.6. The van der Waals surface area contributed by atoms with Crippen molar-refractivity contribution in [3.8, 4) is 22.6 Å². The third-order valence-corrected chi connectivity index (χ3v) is 4.19. The van der Waals surface area contributed by atoms with Gasteiger partial charge in [-0.05, 0) is 65.1 Å². The summed E-state index contributed by atoms with van der Waals surface area (Å²) in [4.78, 5) is 0. The fourth-order valence-corrected chi connectivity index (χ4v) is 3.14. The highest BCUT2D eigenvalue weighted by molar-refractivity contribution is 5.95. The van der Waals surface area contributed by atoms with Crippen LogP contribution in [0.4, 0.5) is 13.2 Å². The Morgan fingerprint density at radius 3 is 2.17 bits per heavy atom. The van der Waals surface area contributed by atoms with Crippen molar-refractivity contribution in [2.45, 2.75) is 20.0 Å². The van der Waals surface area contributed by atoms with E-state index in [1.165, 1.54) is 24.3 Å². The van der Waals surface area contributed by atoms with E-state index >= 15 is 0 Å². The lowest BCUT2D eigenvalue weighted by molar-refractivity contribution is -0.137. The van der Waals surface area contributed by atoms with E-state index in [4.69, 9.17) is 0 Å². The van der Waals surface area contributed by atoms with Crippen LogP contribution in [0.25, 0.3) is 21.9 Å².